The number of amides is 1. The van der Waals surface area contributed by atoms with Crippen LogP contribution in [0.5, 0.6) is 0 Å². The fraction of sp³-hybridized carbons (Fsp3) is 0.923. The monoisotopic (exact) mass is 242 g/mol. The molecule has 0 aromatic carbocycles. The van der Waals surface area contributed by atoms with Gasteiger partial charge in [-0.15, -0.1) is 0 Å². The Hall–Kier alpha value is -0.610. The lowest BCUT2D eigenvalue weighted by molar-refractivity contribution is -0.136. The zero-order valence-electron chi connectivity index (χ0n) is 11.2. The summed E-state index contributed by atoms with van der Waals surface area (Å²) >= 11 is 0. The van der Waals surface area contributed by atoms with E-state index in [0.29, 0.717) is 6.61 Å². The summed E-state index contributed by atoms with van der Waals surface area (Å²) in [5, 5.41) is 6.36. The van der Waals surface area contributed by atoms with Gasteiger partial charge in [0.25, 0.3) is 0 Å². The van der Waals surface area contributed by atoms with E-state index in [1.807, 2.05) is 0 Å². The third-order valence-electron chi connectivity index (χ3n) is 3.53. The van der Waals surface area contributed by atoms with Crippen molar-refractivity contribution >= 4 is 5.91 Å². The Kier molecular flexibility index (Phi) is 6.52. The van der Waals surface area contributed by atoms with E-state index >= 15 is 0 Å². The first-order valence-corrected chi connectivity index (χ1v) is 6.73. The summed E-state index contributed by atoms with van der Waals surface area (Å²) in [4.78, 5) is 12.3. The predicted octanol–water partition coefficient (Wildman–Crippen LogP) is 1.31. The van der Waals surface area contributed by atoms with E-state index in [1.54, 1.807) is 7.11 Å². The number of carbonyl (C=O) groups is 1. The number of hydrogen-bond acceptors (Lipinski definition) is 3. The molecule has 1 rings (SSSR count). The van der Waals surface area contributed by atoms with Crippen LogP contribution in [0.1, 0.15) is 39.0 Å². The lowest BCUT2D eigenvalue weighted by Crippen LogP contribution is -2.50. The first kappa shape index (κ1) is 14.5. The maximum atomic E-state index is 12.3. The first-order chi connectivity index (χ1) is 8.25. The van der Waals surface area contributed by atoms with Gasteiger partial charge in [-0.3, -0.25) is 4.79 Å². The Bertz CT molecular complexity index is 220. The van der Waals surface area contributed by atoms with Gasteiger partial charge in [0, 0.05) is 13.7 Å². The number of methoxy groups -OCH3 is 1. The van der Waals surface area contributed by atoms with Crippen LogP contribution in [0.2, 0.25) is 0 Å². The molecule has 0 radical (unpaired) electrons. The second kappa shape index (κ2) is 7.67. The van der Waals surface area contributed by atoms with Crippen molar-refractivity contribution < 1.29 is 9.53 Å². The summed E-state index contributed by atoms with van der Waals surface area (Å²) in [6.45, 7) is 5.32. The molecule has 1 saturated heterocycles. The van der Waals surface area contributed by atoms with Gasteiger partial charge in [0.1, 0.15) is 0 Å². The molecule has 1 fully saturated rings. The van der Waals surface area contributed by atoms with Crippen molar-refractivity contribution in [3.8, 4) is 0 Å². The van der Waals surface area contributed by atoms with E-state index in [1.165, 1.54) is 12.8 Å². The zero-order chi connectivity index (χ0) is 12.6. The average molecular weight is 242 g/mol. The summed E-state index contributed by atoms with van der Waals surface area (Å²) in [5.41, 5.74) is -0.299. The maximum Gasteiger partial charge on any atom is 0.228 e. The molecule has 1 aliphatic heterocycles. The molecule has 1 aliphatic rings. The van der Waals surface area contributed by atoms with Crippen LogP contribution in [0.15, 0.2) is 0 Å². The zero-order valence-corrected chi connectivity index (χ0v) is 11.2. The molecule has 0 unspecified atom stereocenters. The number of nitrogens with one attached hydrogen (secondary N) is 2. The smallest absolute Gasteiger partial charge is 0.228 e. The van der Waals surface area contributed by atoms with Crippen LogP contribution in [-0.4, -0.2) is 39.3 Å². The topological polar surface area (TPSA) is 50.4 Å². The molecule has 0 spiro atoms. The van der Waals surface area contributed by atoms with E-state index in [-0.39, 0.29) is 11.3 Å². The predicted molar refractivity (Wildman–Crippen MR) is 68.9 cm³/mol. The molecule has 4 heteroatoms. The highest BCUT2D eigenvalue weighted by Crippen LogP contribution is 2.29. The van der Waals surface area contributed by atoms with Crippen molar-refractivity contribution in [3.05, 3.63) is 0 Å². The fourth-order valence-corrected chi connectivity index (χ4v) is 2.38. The van der Waals surface area contributed by atoms with Gasteiger partial charge in [-0.2, -0.15) is 0 Å². The molecular weight excluding hydrogens is 216 g/mol. The van der Waals surface area contributed by atoms with E-state index in [0.717, 1.165) is 38.9 Å². The fourth-order valence-electron chi connectivity index (χ4n) is 2.38. The Morgan fingerprint density at radius 2 is 2.06 bits per heavy atom. The SMILES string of the molecule is CCCCCNC(=O)C1(COC)CCNCC1. The molecule has 1 amide bonds. The van der Waals surface area contributed by atoms with Crippen molar-refractivity contribution in [2.24, 2.45) is 5.41 Å². The molecule has 2 N–H and O–H groups in total. The molecule has 0 aromatic heterocycles. The lowest BCUT2D eigenvalue weighted by Gasteiger charge is -2.35. The summed E-state index contributed by atoms with van der Waals surface area (Å²) in [6.07, 6.45) is 5.19. The summed E-state index contributed by atoms with van der Waals surface area (Å²) < 4.78 is 5.24. The van der Waals surface area contributed by atoms with Crippen LogP contribution in [0.3, 0.4) is 0 Å². The van der Waals surface area contributed by atoms with Crippen LogP contribution >= 0.6 is 0 Å². The van der Waals surface area contributed by atoms with E-state index in [9.17, 15) is 4.79 Å². The van der Waals surface area contributed by atoms with Crippen molar-refractivity contribution in [1.82, 2.24) is 10.6 Å². The number of ether oxygens (including phenoxy) is 1. The van der Waals surface area contributed by atoms with Crippen molar-refractivity contribution in [1.29, 1.82) is 0 Å². The van der Waals surface area contributed by atoms with Gasteiger partial charge in [0.05, 0.1) is 12.0 Å². The Labute approximate surface area is 104 Å². The van der Waals surface area contributed by atoms with Gasteiger partial charge in [0.2, 0.25) is 5.91 Å². The second-order valence-corrected chi connectivity index (χ2v) is 4.93. The highest BCUT2D eigenvalue weighted by Gasteiger charge is 2.39. The van der Waals surface area contributed by atoms with Crippen LogP contribution in [0, 0.1) is 5.41 Å². The van der Waals surface area contributed by atoms with Gasteiger partial charge < -0.3 is 15.4 Å². The van der Waals surface area contributed by atoms with Crippen LogP contribution in [-0.2, 0) is 9.53 Å². The molecule has 17 heavy (non-hydrogen) atoms. The normalized spacial score (nSPS) is 18.9. The van der Waals surface area contributed by atoms with E-state index in [4.69, 9.17) is 4.74 Å². The van der Waals surface area contributed by atoms with Gasteiger partial charge in [-0.25, -0.2) is 0 Å². The minimum Gasteiger partial charge on any atom is -0.384 e. The number of carbonyl (C=O) groups excluding carboxylic acids is 1. The van der Waals surface area contributed by atoms with Crippen molar-refractivity contribution in [2.45, 2.75) is 39.0 Å². The molecule has 0 aromatic rings. The van der Waals surface area contributed by atoms with Crippen molar-refractivity contribution in [3.63, 3.8) is 0 Å². The molecule has 0 saturated carbocycles. The molecule has 4 nitrogen and oxygen atoms in total. The summed E-state index contributed by atoms with van der Waals surface area (Å²) in [7, 11) is 1.67. The van der Waals surface area contributed by atoms with Gasteiger partial charge in [-0.05, 0) is 32.4 Å². The quantitative estimate of drug-likeness (QED) is 0.662. The van der Waals surface area contributed by atoms with Gasteiger partial charge in [0.15, 0.2) is 0 Å². The van der Waals surface area contributed by atoms with Crippen LogP contribution < -0.4 is 10.6 Å². The third kappa shape index (κ3) is 4.28. The Morgan fingerprint density at radius 1 is 1.35 bits per heavy atom. The molecule has 100 valence electrons. The highest BCUT2D eigenvalue weighted by atomic mass is 16.5. The molecule has 0 aliphatic carbocycles. The molecule has 1 heterocycles. The molecular formula is C13H26N2O2. The Morgan fingerprint density at radius 3 is 2.65 bits per heavy atom. The average Bonchev–Trinajstić information content (AvgIpc) is 2.36. The highest BCUT2D eigenvalue weighted by molar-refractivity contribution is 5.82. The molecule has 0 bridgehead atoms. The largest absolute Gasteiger partial charge is 0.384 e. The summed E-state index contributed by atoms with van der Waals surface area (Å²) in [6, 6.07) is 0. The van der Waals surface area contributed by atoms with Crippen LogP contribution in [0.4, 0.5) is 0 Å². The maximum absolute atomic E-state index is 12.3. The number of piperidine rings is 1. The Balaban J connectivity index is 2.42. The standard InChI is InChI=1S/C13H26N2O2/c1-3-4-5-8-15-12(16)13(11-17-2)6-9-14-10-7-13/h14H,3-11H2,1-2H3,(H,15,16). The van der Waals surface area contributed by atoms with E-state index < -0.39 is 0 Å². The number of rotatable bonds is 7. The van der Waals surface area contributed by atoms with Gasteiger partial charge >= 0.3 is 0 Å². The number of hydrogen-bond donors (Lipinski definition) is 2. The van der Waals surface area contributed by atoms with Crippen molar-refractivity contribution in [2.75, 3.05) is 33.4 Å². The minimum absolute atomic E-state index is 0.178. The second-order valence-electron chi connectivity index (χ2n) is 4.93. The lowest BCUT2D eigenvalue weighted by atomic mass is 9.78. The van der Waals surface area contributed by atoms with Gasteiger partial charge in [-0.1, -0.05) is 19.8 Å². The third-order valence-corrected chi connectivity index (χ3v) is 3.53. The summed E-state index contributed by atoms with van der Waals surface area (Å²) in [5.74, 6) is 0.178. The minimum atomic E-state index is -0.299. The van der Waals surface area contributed by atoms with E-state index in [2.05, 4.69) is 17.6 Å². The number of unbranched alkanes of at least 4 members (excludes halogenated alkanes) is 2. The van der Waals surface area contributed by atoms with Crippen LogP contribution in [0.25, 0.3) is 0 Å². The molecule has 0 atom stereocenters. The first-order valence-electron chi connectivity index (χ1n) is 6.73.